The third kappa shape index (κ3) is 2.75. The van der Waals surface area contributed by atoms with Crippen LogP contribution in [0.25, 0.3) is 10.2 Å². The molecule has 0 radical (unpaired) electrons. The van der Waals surface area contributed by atoms with Crippen LogP contribution in [-0.4, -0.2) is 23.0 Å². The van der Waals surface area contributed by atoms with Crippen molar-refractivity contribution in [3.8, 4) is 0 Å². The molecule has 0 saturated heterocycles. The average Bonchev–Trinajstić information content (AvgIpc) is 2.75. The molecule has 2 rings (SSSR count). The number of nitrogens with one attached hydrogen (secondary N) is 2. The summed E-state index contributed by atoms with van der Waals surface area (Å²) in [6, 6.07) is 4.19. The zero-order chi connectivity index (χ0) is 13.1. The number of primary amides is 1. The summed E-state index contributed by atoms with van der Waals surface area (Å²) in [5, 5.41) is 5.01. The van der Waals surface area contributed by atoms with Crippen LogP contribution in [0.15, 0.2) is 23.7 Å². The zero-order valence-electron chi connectivity index (χ0n) is 9.64. The Morgan fingerprint density at radius 1 is 1.44 bits per heavy atom. The highest BCUT2D eigenvalue weighted by Gasteiger charge is 2.14. The van der Waals surface area contributed by atoms with Gasteiger partial charge in [-0.05, 0) is 25.1 Å². The number of urea groups is 1. The first-order valence-corrected chi connectivity index (χ1v) is 6.14. The average molecular weight is 264 g/mol. The van der Waals surface area contributed by atoms with Crippen LogP contribution in [0.4, 0.5) is 10.5 Å². The van der Waals surface area contributed by atoms with Crippen LogP contribution in [0.3, 0.4) is 0 Å². The highest BCUT2D eigenvalue weighted by molar-refractivity contribution is 7.16. The Kier molecular flexibility index (Phi) is 3.42. The number of carbonyl (C=O) groups is 2. The lowest BCUT2D eigenvalue weighted by atomic mass is 10.2. The summed E-state index contributed by atoms with van der Waals surface area (Å²) >= 11 is 1.52. The number of aromatic nitrogens is 1. The number of anilines is 1. The number of imide groups is 1. The van der Waals surface area contributed by atoms with Crippen molar-refractivity contribution in [2.45, 2.75) is 13.0 Å². The van der Waals surface area contributed by atoms with E-state index in [-0.39, 0.29) is 0 Å². The molecule has 0 aliphatic heterocycles. The topological polar surface area (TPSA) is 97.1 Å². The third-order valence-electron chi connectivity index (χ3n) is 2.35. The number of amides is 3. The van der Waals surface area contributed by atoms with Crippen molar-refractivity contribution in [2.24, 2.45) is 5.73 Å². The zero-order valence-corrected chi connectivity index (χ0v) is 10.5. The highest BCUT2D eigenvalue weighted by Crippen LogP contribution is 2.22. The molecule has 1 heterocycles. The van der Waals surface area contributed by atoms with Gasteiger partial charge in [-0.3, -0.25) is 10.1 Å². The van der Waals surface area contributed by atoms with E-state index in [4.69, 9.17) is 5.73 Å². The molecule has 7 heteroatoms. The van der Waals surface area contributed by atoms with Gasteiger partial charge in [-0.25, -0.2) is 9.78 Å². The molecular formula is C11H12N4O2S. The summed E-state index contributed by atoms with van der Waals surface area (Å²) < 4.78 is 1.03. The smallest absolute Gasteiger partial charge is 0.318 e. The largest absolute Gasteiger partial charge is 0.374 e. The molecule has 1 atom stereocenters. The fourth-order valence-corrected chi connectivity index (χ4v) is 2.21. The van der Waals surface area contributed by atoms with Crippen LogP contribution in [-0.2, 0) is 4.79 Å². The van der Waals surface area contributed by atoms with Crippen molar-refractivity contribution < 1.29 is 9.59 Å². The van der Waals surface area contributed by atoms with E-state index in [1.54, 1.807) is 12.4 Å². The minimum atomic E-state index is -0.855. The van der Waals surface area contributed by atoms with Gasteiger partial charge in [-0.2, -0.15) is 0 Å². The van der Waals surface area contributed by atoms with E-state index in [1.807, 2.05) is 23.5 Å². The molecule has 0 aliphatic rings. The van der Waals surface area contributed by atoms with Crippen molar-refractivity contribution in [3.63, 3.8) is 0 Å². The van der Waals surface area contributed by atoms with E-state index in [2.05, 4.69) is 10.3 Å². The molecule has 18 heavy (non-hydrogen) atoms. The second kappa shape index (κ2) is 5.01. The Morgan fingerprint density at radius 2 is 2.22 bits per heavy atom. The second-order valence-corrected chi connectivity index (χ2v) is 4.64. The fraction of sp³-hybridized carbons (Fsp3) is 0.182. The number of hydrogen-bond donors (Lipinski definition) is 3. The van der Waals surface area contributed by atoms with Crippen molar-refractivity contribution in [2.75, 3.05) is 5.32 Å². The molecule has 3 amide bonds. The van der Waals surface area contributed by atoms with Gasteiger partial charge in [-0.15, -0.1) is 11.3 Å². The Balaban J connectivity index is 2.08. The van der Waals surface area contributed by atoms with E-state index in [1.165, 1.54) is 11.3 Å². The van der Waals surface area contributed by atoms with Crippen molar-refractivity contribution in [1.29, 1.82) is 0 Å². The van der Waals surface area contributed by atoms with Crippen LogP contribution >= 0.6 is 11.3 Å². The van der Waals surface area contributed by atoms with Gasteiger partial charge in [0.2, 0.25) is 5.91 Å². The number of thiazole rings is 1. The van der Waals surface area contributed by atoms with Gasteiger partial charge in [-0.1, -0.05) is 0 Å². The lowest BCUT2D eigenvalue weighted by Crippen LogP contribution is -2.43. The molecule has 1 unspecified atom stereocenters. The summed E-state index contributed by atoms with van der Waals surface area (Å²) in [6.07, 6.45) is 0. The molecule has 1 aromatic carbocycles. The summed E-state index contributed by atoms with van der Waals surface area (Å²) in [5.74, 6) is -0.466. The Bertz CT molecular complexity index is 595. The number of hydrogen-bond acceptors (Lipinski definition) is 5. The van der Waals surface area contributed by atoms with E-state index >= 15 is 0 Å². The Labute approximate surface area is 107 Å². The van der Waals surface area contributed by atoms with Gasteiger partial charge in [0.1, 0.15) is 6.04 Å². The van der Waals surface area contributed by atoms with Crippen LogP contribution in [0, 0.1) is 0 Å². The predicted molar refractivity (Wildman–Crippen MR) is 70.4 cm³/mol. The van der Waals surface area contributed by atoms with Crippen LogP contribution < -0.4 is 16.4 Å². The van der Waals surface area contributed by atoms with Crippen molar-refractivity contribution in [1.82, 2.24) is 10.3 Å². The van der Waals surface area contributed by atoms with Crippen LogP contribution in [0.2, 0.25) is 0 Å². The summed E-state index contributed by atoms with van der Waals surface area (Å²) in [5.41, 5.74) is 8.35. The van der Waals surface area contributed by atoms with Gasteiger partial charge < -0.3 is 11.1 Å². The number of fused-ring (bicyclic) bond motifs is 1. The number of benzene rings is 1. The minimum absolute atomic E-state index is 0.466. The standard InChI is InChI=1S/C11H12N4O2S/c1-6(10(16)15-11(12)17)14-7-2-3-8-9(4-7)18-5-13-8/h2-6,14H,1H3,(H3,12,15,16,17). The molecule has 0 aliphatic carbocycles. The first kappa shape index (κ1) is 12.3. The predicted octanol–water partition coefficient (Wildman–Crippen LogP) is 1.29. The maximum absolute atomic E-state index is 11.5. The number of carbonyl (C=O) groups excluding carboxylic acids is 2. The molecule has 4 N–H and O–H groups in total. The summed E-state index contributed by atoms with van der Waals surface area (Å²) in [4.78, 5) is 26.2. The molecule has 1 aromatic heterocycles. The molecule has 0 saturated carbocycles. The summed E-state index contributed by atoms with van der Waals surface area (Å²) in [6.45, 7) is 1.65. The Hall–Kier alpha value is -2.15. The van der Waals surface area contributed by atoms with E-state index in [0.29, 0.717) is 0 Å². The number of rotatable bonds is 3. The molecule has 0 spiro atoms. The number of nitrogens with two attached hydrogens (primary N) is 1. The van der Waals surface area contributed by atoms with Gasteiger partial charge in [0.05, 0.1) is 15.7 Å². The van der Waals surface area contributed by atoms with E-state index in [0.717, 1.165) is 15.9 Å². The molecular weight excluding hydrogens is 252 g/mol. The molecule has 0 bridgehead atoms. The SMILES string of the molecule is CC(Nc1ccc2ncsc2c1)C(=O)NC(N)=O. The molecule has 6 nitrogen and oxygen atoms in total. The maximum atomic E-state index is 11.5. The van der Waals surface area contributed by atoms with E-state index in [9.17, 15) is 9.59 Å². The normalized spacial score (nSPS) is 12.1. The lowest BCUT2D eigenvalue weighted by Gasteiger charge is -2.13. The molecule has 2 aromatic rings. The maximum Gasteiger partial charge on any atom is 0.318 e. The van der Waals surface area contributed by atoms with Crippen molar-refractivity contribution >= 4 is 39.2 Å². The first-order valence-electron chi connectivity index (χ1n) is 5.26. The third-order valence-corrected chi connectivity index (χ3v) is 3.15. The number of nitrogens with zero attached hydrogens (tertiary/aromatic N) is 1. The van der Waals surface area contributed by atoms with Gasteiger partial charge >= 0.3 is 6.03 Å². The Morgan fingerprint density at radius 3 is 2.94 bits per heavy atom. The monoisotopic (exact) mass is 264 g/mol. The summed E-state index contributed by atoms with van der Waals surface area (Å²) in [7, 11) is 0. The molecule has 0 fully saturated rings. The van der Waals surface area contributed by atoms with Gasteiger partial charge in [0.25, 0.3) is 0 Å². The van der Waals surface area contributed by atoms with E-state index < -0.39 is 18.0 Å². The minimum Gasteiger partial charge on any atom is -0.374 e. The van der Waals surface area contributed by atoms with Gasteiger partial charge in [0.15, 0.2) is 0 Å². The first-order chi connectivity index (χ1) is 8.56. The molecule has 94 valence electrons. The quantitative estimate of drug-likeness (QED) is 0.778. The van der Waals surface area contributed by atoms with Crippen molar-refractivity contribution in [3.05, 3.63) is 23.7 Å². The second-order valence-electron chi connectivity index (χ2n) is 3.75. The van der Waals surface area contributed by atoms with Gasteiger partial charge in [0, 0.05) is 5.69 Å². The van der Waals surface area contributed by atoms with Crippen LogP contribution in [0.5, 0.6) is 0 Å². The lowest BCUT2D eigenvalue weighted by molar-refractivity contribution is -0.120. The highest BCUT2D eigenvalue weighted by atomic mass is 32.1. The van der Waals surface area contributed by atoms with Crippen LogP contribution in [0.1, 0.15) is 6.92 Å². The fourth-order valence-electron chi connectivity index (χ4n) is 1.49.